The van der Waals surface area contributed by atoms with E-state index in [1.165, 1.54) is 44.9 Å². The van der Waals surface area contributed by atoms with Gasteiger partial charge in [-0.3, -0.25) is 28.8 Å². The highest BCUT2D eigenvalue weighted by atomic mass is 16.6. The molecule has 95 heavy (non-hydrogen) atoms. The largest absolute Gasteiger partial charge is 0.465 e. The van der Waals surface area contributed by atoms with Crippen LogP contribution in [0, 0.1) is 124 Å². The van der Waals surface area contributed by atoms with E-state index in [2.05, 4.69) is 69.2 Å². The second kappa shape index (κ2) is 41.5. The first kappa shape index (κ1) is 91.7. The predicted octanol–water partition coefficient (Wildman–Crippen LogP) is 19.9. The van der Waals surface area contributed by atoms with Crippen molar-refractivity contribution >= 4 is 35.8 Å². The van der Waals surface area contributed by atoms with Gasteiger partial charge in [0.05, 0.1) is 62.9 Å². The van der Waals surface area contributed by atoms with E-state index in [1.807, 2.05) is 13.8 Å². The van der Waals surface area contributed by atoms with E-state index in [0.717, 1.165) is 144 Å². The first-order valence-corrected chi connectivity index (χ1v) is 35.9. The zero-order chi connectivity index (χ0) is 62.9. The number of carbonyl (C=O) groups is 6. The average Bonchev–Trinajstić information content (AvgIpc) is 1.57. The Morgan fingerprint density at radius 3 is 1.28 bits per heavy atom. The average molecular weight is 1350 g/mol. The third-order valence-electron chi connectivity index (χ3n) is 25.9. The maximum Gasteiger partial charge on any atom is 0.310 e. The molecule has 14 nitrogen and oxygen atoms in total. The van der Waals surface area contributed by atoms with Crippen molar-refractivity contribution in [2.45, 2.75) is 320 Å². The molecule has 6 bridgehead atoms. The van der Waals surface area contributed by atoms with Crippen LogP contribution in [0.4, 0.5) is 0 Å². The molecule has 0 aromatic carbocycles. The summed E-state index contributed by atoms with van der Waals surface area (Å²) >= 11 is 0. The molecule has 1 saturated heterocycles. The number of ether oxygens (including phenoxy) is 8. The monoisotopic (exact) mass is 1350 g/mol. The molecular formula is C81H152O14. The molecule has 11 rings (SSSR count). The highest BCUT2D eigenvalue weighted by molar-refractivity contribution is 5.77. The highest BCUT2D eigenvalue weighted by Gasteiger charge is 2.62. The third kappa shape index (κ3) is 21.2. The number of methoxy groups -OCH3 is 1. The fraction of sp³-hybridized carbons (Fsp3) is 0.926. The number of carbonyl (C=O) groups excluding carboxylic acids is 6. The van der Waals surface area contributed by atoms with Crippen molar-refractivity contribution in [1.29, 1.82) is 0 Å². The topological polar surface area (TPSA) is 176 Å². The fourth-order valence-electron chi connectivity index (χ4n) is 20.6. The molecule has 0 radical (unpaired) electrons. The van der Waals surface area contributed by atoms with Crippen molar-refractivity contribution in [2.75, 3.05) is 40.1 Å². The highest BCUT2D eigenvalue weighted by Crippen LogP contribution is 2.66. The zero-order valence-corrected chi connectivity index (χ0v) is 56.5. The summed E-state index contributed by atoms with van der Waals surface area (Å²) in [4.78, 5) is 73.9. The van der Waals surface area contributed by atoms with Gasteiger partial charge in [0.1, 0.15) is 30.0 Å². The molecule has 0 amide bonds. The van der Waals surface area contributed by atoms with Crippen LogP contribution in [0.1, 0.15) is 297 Å². The van der Waals surface area contributed by atoms with Crippen LogP contribution in [0.2, 0.25) is 0 Å². The van der Waals surface area contributed by atoms with E-state index in [1.54, 1.807) is 7.11 Å². The van der Waals surface area contributed by atoms with Gasteiger partial charge >= 0.3 is 35.8 Å². The Morgan fingerprint density at radius 2 is 0.863 bits per heavy atom. The van der Waals surface area contributed by atoms with Crippen LogP contribution in [0.3, 0.4) is 0 Å². The Bertz CT molecular complexity index is 2250. The van der Waals surface area contributed by atoms with Gasteiger partial charge < -0.3 is 37.9 Å². The summed E-state index contributed by atoms with van der Waals surface area (Å²) in [6.45, 7) is 28.7. The lowest BCUT2D eigenvalue weighted by molar-refractivity contribution is -0.169. The lowest BCUT2D eigenvalue weighted by atomic mass is 9.70. The third-order valence-corrected chi connectivity index (χ3v) is 25.9. The Labute approximate surface area is 584 Å². The molecule has 0 aromatic heterocycles. The number of cyclic esters (lactones) is 1. The number of rotatable bonds is 23. The molecular weight excluding hydrogens is 1200 g/mol. The van der Waals surface area contributed by atoms with Crippen molar-refractivity contribution in [3.05, 3.63) is 0 Å². The second-order valence-corrected chi connectivity index (χ2v) is 30.2. The van der Waals surface area contributed by atoms with Gasteiger partial charge in [0, 0.05) is 13.0 Å². The van der Waals surface area contributed by atoms with Crippen molar-refractivity contribution in [1.82, 2.24) is 0 Å². The smallest absolute Gasteiger partial charge is 0.310 e. The van der Waals surface area contributed by atoms with E-state index in [4.69, 9.17) is 37.9 Å². The van der Waals surface area contributed by atoms with Gasteiger partial charge in [-0.05, 0) is 224 Å². The summed E-state index contributed by atoms with van der Waals surface area (Å²) in [7, 11) is 1.64. The van der Waals surface area contributed by atoms with Gasteiger partial charge in [0.15, 0.2) is 0 Å². The standard InChI is InChI=1S/C26H42O4.C21H34O4.C15H26O4.C11H18O2.8CH4/c1-5-17-13-18(6-2)24-20-14-19(23(17)24)15-21(20)25(28)29-16(4)12-22(27)30-26(7-3)10-8-9-11-26;1-5-21(8-6-7-9-21)25-19(22)10-13(2)24-20(23)18-12-16-11-17(18)15(4)14(16)3;1-10-11(2)13-8-12(10)9-14(13)15(16)19-7-6-18-5-4-17-3;1-3-7-5-8(4-2)10-9(7)6-13-11(10)12;;;;;;;;/h16-21,23-24H,5-15H2,1-4H3;13-18H,5-12H2,1-4H3;10-14H,4-9H2,1-3H3;7-10H,3-6H2,1-2H3;8*1H4. The van der Waals surface area contributed by atoms with E-state index in [9.17, 15) is 28.8 Å². The quantitative estimate of drug-likeness (QED) is 0.0536. The Kier molecular flexibility index (Phi) is 40.0. The minimum atomic E-state index is -0.401. The molecule has 11 aliphatic rings. The molecule has 1 aliphatic heterocycles. The van der Waals surface area contributed by atoms with Crippen molar-refractivity contribution in [2.24, 2.45) is 124 Å². The molecule has 23 unspecified atom stereocenters. The van der Waals surface area contributed by atoms with Gasteiger partial charge in [-0.2, -0.15) is 0 Å². The first-order chi connectivity index (χ1) is 41.7. The Hall–Kier alpha value is -3.26. The summed E-state index contributed by atoms with van der Waals surface area (Å²) in [5.74, 6) is 11.4. The van der Waals surface area contributed by atoms with Crippen LogP contribution in [0.5, 0.6) is 0 Å². The molecule has 0 N–H and O–H groups in total. The minimum absolute atomic E-state index is 0. The number of hydrogen-bond donors (Lipinski definition) is 0. The van der Waals surface area contributed by atoms with E-state index in [-0.39, 0.29) is 143 Å². The van der Waals surface area contributed by atoms with Gasteiger partial charge in [0.25, 0.3) is 0 Å². The molecule has 10 aliphatic carbocycles. The van der Waals surface area contributed by atoms with Crippen LogP contribution in [-0.2, 0) is 66.7 Å². The number of hydrogen-bond acceptors (Lipinski definition) is 14. The van der Waals surface area contributed by atoms with Crippen LogP contribution >= 0.6 is 0 Å². The normalized spacial score (nSPS) is 35.5. The van der Waals surface area contributed by atoms with E-state index < -0.39 is 12.2 Å². The van der Waals surface area contributed by atoms with Crippen molar-refractivity contribution in [3.63, 3.8) is 0 Å². The summed E-state index contributed by atoms with van der Waals surface area (Å²) < 4.78 is 43.7. The van der Waals surface area contributed by atoms with E-state index in [0.29, 0.717) is 86.3 Å². The fourth-order valence-corrected chi connectivity index (χ4v) is 20.6. The summed E-state index contributed by atoms with van der Waals surface area (Å²) in [6, 6.07) is 0. The summed E-state index contributed by atoms with van der Waals surface area (Å²) in [5.41, 5.74) is -0.537. The molecule has 10 saturated carbocycles. The second-order valence-electron chi connectivity index (χ2n) is 30.2. The lowest BCUT2D eigenvalue weighted by Crippen LogP contribution is -2.36. The van der Waals surface area contributed by atoms with Crippen LogP contribution in [0.25, 0.3) is 0 Å². The molecule has 1 heterocycles. The predicted molar refractivity (Wildman–Crippen MR) is 388 cm³/mol. The van der Waals surface area contributed by atoms with Crippen LogP contribution in [0.15, 0.2) is 0 Å². The Balaban J connectivity index is 0.00000125. The van der Waals surface area contributed by atoms with Crippen molar-refractivity contribution < 1.29 is 66.7 Å². The number of esters is 6. The van der Waals surface area contributed by atoms with Crippen molar-refractivity contribution in [3.8, 4) is 0 Å². The SMILES string of the molecule is C.C.C.C.C.C.C.C.CCC1(OC(=O)CC(C)OC(=O)C2CC3CC2C(C)C3C)CCCC1.CCC1CC(CC)C2C(=O)OCC12.CCC1CC(CC)C2C3CC(CC3C(=O)OC(C)CC(=O)OC3(CC)CCCC3)C12.COCCOCCOC(=O)C1CC2CC1C(C)C2C. The maximum absolute atomic E-state index is 13.1. The van der Waals surface area contributed by atoms with Gasteiger partial charge in [0.2, 0.25) is 0 Å². The number of fused-ring (bicyclic) bond motifs is 10. The van der Waals surface area contributed by atoms with Gasteiger partial charge in [-0.15, -0.1) is 0 Å². The van der Waals surface area contributed by atoms with E-state index >= 15 is 0 Å². The molecule has 11 fully saturated rings. The Morgan fingerprint density at radius 1 is 0.463 bits per heavy atom. The molecule has 560 valence electrons. The van der Waals surface area contributed by atoms with Gasteiger partial charge in [-0.1, -0.05) is 154 Å². The minimum Gasteiger partial charge on any atom is -0.465 e. The first-order valence-electron chi connectivity index (χ1n) is 35.9. The summed E-state index contributed by atoms with van der Waals surface area (Å²) in [6.07, 6.45) is 23.7. The maximum atomic E-state index is 13.1. The molecule has 0 aromatic rings. The lowest BCUT2D eigenvalue weighted by Gasteiger charge is -2.35. The van der Waals surface area contributed by atoms with Crippen LogP contribution < -0.4 is 0 Å². The zero-order valence-electron chi connectivity index (χ0n) is 56.5. The molecule has 23 atom stereocenters. The van der Waals surface area contributed by atoms with Gasteiger partial charge in [-0.25, -0.2) is 0 Å². The van der Waals surface area contributed by atoms with Crippen LogP contribution in [-0.4, -0.2) is 99.4 Å². The molecule has 14 heteroatoms. The molecule has 0 spiro atoms. The summed E-state index contributed by atoms with van der Waals surface area (Å²) in [5, 5.41) is 0.